The highest BCUT2D eigenvalue weighted by molar-refractivity contribution is 7.89. The zero-order valence-corrected chi connectivity index (χ0v) is 11.4. The largest absolute Gasteiger partial charge is 0.329 e. The van der Waals surface area contributed by atoms with Gasteiger partial charge in [-0.25, -0.2) is 12.7 Å². The Hall–Kier alpha value is -0.130. The van der Waals surface area contributed by atoms with Crippen LogP contribution in [0, 0.1) is 11.3 Å². The molecule has 1 aliphatic rings. The van der Waals surface area contributed by atoms with E-state index in [0.717, 1.165) is 12.8 Å². The fourth-order valence-corrected chi connectivity index (χ4v) is 3.60. The van der Waals surface area contributed by atoms with Crippen molar-refractivity contribution in [2.75, 3.05) is 25.4 Å². The number of hydrogen-bond donors (Lipinski definition) is 1. The van der Waals surface area contributed by atoms with Gasteiger partial charge in [-0.2, -0.15) is 0 Å². The molecule has 4 nitrogen and oxygen atoms in total. The average Bonchev–Trinajstić information content (AvgIpc) is 2.16. The molecule has 0 aromatic rings. The van der Waals surface area contributed by atoms with Gasteiger partial charge in [0.1, 0.15) is 0 Å². The summed E-state index contributed by atoms with van der Waals surface area (Å²) in [5.74, 6) is 0.699. The predicted molar refractivity (Wildman–Crippen MR) is 66.6 cm³/mol. The average molecular weight is 248 g/mol. The van der Waals surface area contributed by atoms with Gasteiger partial charge in [-0.3, -0.25) is 0 Å². The Kier molecular flexibility index (Phi) is 4.37. The van der Waals surface area contributed by atoms with Crippen LogP contribution in [0.3, 0.4) is 0 Å². The Balaban J connectivity index is 2.56. The molecular weight excluding hydrogens is 224 g/mol. The van der Waals surface area contributed by atoms with E-state index in [1.54, 1.807) is 4.31 Å². The molecule has 0 unspecified atom stereocenters. The van der Waals surface area contributed by atoms with Gasteiger partial charge in [0.15, 0.2) is 0 Å². The monoisotopic (exact) mass is 248 g/mol. The molecule has 0 saturated carbocycles. The van der Waals surface area contributed by atoms with Crippen LogP contribution in [0.4, 0.5) is 0 Å². The Morgan fingerprint density at radius 2 is 1.75 bits per heavy atom. The molecule has 0 aliphatic carbocycles. The molecular formula is C11H24N2O2S. The molecule has 1 aliphatic heterocycles. The van der Waals surface area contributed by atoms with E-state index in [2.05, 4.69) is 20.8 Å². The van der Waals surface area contributed by atoms with Gasteiger partial charge in [-0.1, -0.05) is 20.8 Å². The summed E-state index contributed by atoms with van der Waals surface area (Å²) < 4.78 is 25.2. The van der Waals surface area contributed by atoms with Crippen molar-refractivity contribution < 1.29 is 8.42 Å². The van der Waals surface area contributed by atoms with Crippen molar-refractivity contribution in [3.8, 4) is 0 Å². The van der Waals surface area contributed by atoms with Crippen molar-refractivity contribution >= 4 is 10.0 Å². The van der Waals surface area contributed by atoms with E-state index >= 15 is 0 Å². The molecule has 0 atom stereocenters. The first-order chi connectivity index (χ1) is 7.27. The Bertz CT molecular complexity index is 311. The third kappa shape index (κ3) is 3.43. The van der Waals surface area contributed by atoms with Crippen LogP contribution in [0.2, 0.25) is 0 Å². The van der Waals surface area contributed by atoms with E-state index in [-0.39, 0.29) is 17.7 Å². The molecule has 2 N–H and O–H groups in total. The van der Waals surface area contributed by atoms with Crippen molar-refractivity contribution in [2.45, 2.75) is 33.6 Å². The lowest BCUT2D eigenvalue weighted by Gasteiger charge is -2.38. The molecule has 1 fully saturated rings. The first-order valence-corrected chi connectivity index (χ1v) is 7.56. The van der Waals surface area contributed by atoms with Gasteiger partial charge in [0.2, 0.25) is 10.0 Å². The Labute approximate surface area is 99.2 Å². The van der Waals surface area contributed by atoms with Crippen LogP contribution in [0.15, 0.2) is 0 Å². The van der Waals surface area contributed by atoms with Gasteiger partial charge >= 0.3 is 0 Å². The maximum atomic E-state index is 11.8. The van der Waals surface area contributed by atoms with E-state index in [9.17, 15) is 8.42 Å². The summed E-state index contributed by atoms with van der Waals surface area (Å²) in [5.41, 5.74) is 5.59. The normalized spacial score (nSPS) is 21.2. The van der Waals surface area contributed by atoms with Crippen molar-refractivity contribution in [3.05, 3.63) is 0 Å². The smallest absolute Gasteiger partial charge is 0.215 e. The number of sulfonamides is 1. The SMILES string of the molecule is CC(C)(C)C1CCN(S(=O)(=O)CCN)CC1. The highest BCUT2D eigenvalue weighted by Gasteiger charge is 2.32. The molecule has 5 heteroatoms. The van der Waals surface area contributed by atoms with Gasteiger partial charge in [0, 0.05) is 19.6 Å². The molecule has 16 heavy (non-hydrogen) atoms. The molecule has 0 radical (unpaired) electrons. The predicted octanol–water partition coefficient (Wildman–Crippen LogP) is 1.03. The van der Waals surface area contributed by atoms with E-state index < -0.39 is 10.0 Å². The number of piperidine rings is 1. The zero-order chi connectivity index (χ0) is 12.4. The first-order valence-electron chi connectivity index (χ1n) is 5.95. The van der Waals surface area contributed by atoms with Gasteiger partial charge in [-0.05, 0) is 24.2 Å². The molecule has 0 bridgehead atoms. The van der Waals surface area contributed by atoms with Crippen LogP contribution in [0.1, 0.15) is 33.6 Å². The summed E-state index contributed by atoms with van der Waals surface area (Å²) >= 11 is 0. The van der Waals surface area contributed by atoms with E-state index in [4.69, 9.17) is 5.73 Å². The summed E-state index contributed by atoms with van der Waals surface area (Å²) in [6.07, 6.45) is 1.93. The fraction of sp³-hybridized carbons (Fsp3) is 1.00. The standard InChI is InChI=1S/C11H24N2O2S/c1-11(2,3)10-4-7-13(8-5-10)16(14,15)9-6-12/h10H,4-9,12H2,1-3H3. The van der Waals surface area contributed by atoms with E-state index in [0.29, 0.717) is 19.0 Å². The summed E-state index contributed by atoms with van der Waals surface area (Å²) in [4.78, 5) is 0. The van der Waals surface area contributed by atoms with Crippen LogP contribution in [0.5, 0.6) is 0 Å². The lowest BCUT2D eigenvalue weighted by atomic mass is 9.76. The van der Waals surface area contributed by atoms with Gasteiger partial charge in [0.05, 0.1) is 5.75 Å². The van der Waals surface area contributed by atoms with Crippen molar-refractivity contribution in [1.29, 1.82) is 0 Å². The van der Waals surface area contributed by atoms with Crippen LogP contribution in [-0.4, -0.2) is 38.1 Å². The number of rotatable bonds is 3. The summed E-state index contributed by atoms with van der Waals surface area (Å²) in [6.45, 7) is 8.20. The summed E-state index contributed by atoms with van der Waals surface area (Å²) in [7, 11) is -3.09. The lowest BCUT2D eigenvalue weighted by Crippen LogP contribution is -2.43. The number of hydrogen-bond acceptors (Lipinski definition) is 3. The second-order valence-electron chi connectivity index (χ2n) is 5.64. The third-order valence-electron chi connectivity index (χ3n) is 3.45. The zero-order valence-electron chi connectivity index (χ0n) is 10.6. The molecule has 1 rings (SSSR count). The highest BCUT2D eigenvalue weighted by atomic mass is 32.2. The minimum Gasteiger partial charge on any atom is -0.329 e. The van der Waals surface area contributed by atoms with Crippen LogP contribution < -0.4 is 5.73 Å². The molecule has 1 heterocycles. The third-order valence-corrected chi connectivity index (χ3v) is 5.35. The highest BCUT2D eigenvalue weighted by Crippen LogP contribution is 2.34. The Morgan fingerprint density at radius 3 is 2.12 bits per heavy atom. The quantitative estimate of drug-likeness (QED) is 0.811. The molecule has 0 spiro atoms. The molecule has 0 amide bonds. The van der Waals surface area contributed by atoms with Crippen molar-refractivity contribution in [1.82, 2.24) is 4.31 Å². The molecule has 1 saturated heterocycles. The second kappa shape index (κ2) is 5.02. The van der Waals surface area contributed by atoms with Crippen LogP contribution >= 0.6 is 0 Å². The van der Waals surface area contributed by atoms with E-state index in [1.807, 2.05) is 0 Å². The number of nitrogens with two attached hydrogens (primary N) is 1. The molecule has 0 aromatic carbocycles. The molecule has 96 valence electrons. The minimum atomic E-state index is -3.09. The van der Waals surface area contributed by atoms with Crippen molar-refractivity contribution in [3.63, 3.8) is 0 Å². The minimum absolute atomic E-state index is 0.0766. The van der Waals surface area contributed by atoms with Crippen LogP contribution in [0.25, 0.3) is 0 Å². The van der Waals surface area contributed by atoms with Gasteiger partial charge in [0.25, 0.3) is 0 Å². The van der Waals surface area contributed by atoms with Crippen LogP contribution in [-0.2, 0) is 10.0 Å². The summed E-state index contributed by atoms with van der Waals surface area (Å²) in [6, 6.07) is 0. The molecule has 0 aromatic heterocycles. The van der Waals surface area contributed by atoms with Crippen molar-refractivity contribution in [2.24, 2.45) is 17.1 Å². The topological polar surface area (TPSA) is 63.4 Å². The number of nitrogens with zero attached hydrogens (tertiary/aromatic N) is 1. The van der Waals surface area contributed by atoms with Gasteiger partial charge in [-0.15, -0.1) is 0 Å². The van der Waals surface area contributed by atoms with E-state index in [1.165, 1.54) is 0 Å². The second-order valence-corrected chi connectivity index (χ2v) is 7.73. The first kappa shape index (κ1) is 13.9. The summed E-state index contributed by atoms with van der Waals surface area (Å²) in [5, 5.41) is 0. The fourth-order valence-electron chi connectivity index (χ4n) is 2.28. The lowest BCUT2D eigenvalue weighted by molar-refractivity contribution is 0.154. The Morgan fingerprint density at radius 1 is 1.25 bits per heavy atom. The van der Waals surface area contributed by atoms with Gasteiger partial charge < -0.3 is 5.73 Å². The maximum absolute atomic E-state index is 11.8. The maximum Gasteiger partial charge on any atom is 0.215 e.